The third kappa shape index (κ3) is 4.66. The number of allylic oxidation sites excluding steroid dienone is 5. The van der Waals surface area contributed by atoms with E-state index < -0.39 is 11.6 Å². The Hall–Kier alpha value is -1.70. The summed E-state index contributed by atoms with van der Waals surface area (Å²) in [6.07, 6.45) is 9.04. The highest BCUT2D eigenvalue weighted by Crippen LogP contribution is 2.24. The normalized spacial score (nSPS) is 12.1. The Bertz CT molecular complexity index is 551. The molecule has 0 heterocycles. The van der Waals surface area contributed by atoms with Gasteiger partial charge in [-0.15, -0.1) is 0 Å². The Kier molecular flexibility index (Phi) is 7.07. The molecule has 0 aliphatic rings. The fourth-order valence-corrected chi connectivity index (χ4v) is 2.21. The van der Waals surface area contributed by atoms with E-state index in [0.29, 0.717) is 17.6 Å². The molecular formula is C19H24F2. The van der Waals surface area contributed by atoms with E-state index in [1.54, 1.807) is 18.2 Å². The average Bonchev–Trinajstić information content (AvgIpc) is 2.48. The molecule has 0 spiro atoms. The Balaban J connectivity index is 2.98. The third-order valence-corrected chi connectivity index (χ3v) is 3.44. The van der Waals surface area contributed by atoms with E-state index >= 15 is 0 Å². The second-order valence-corrected chi connectivity index (χ2v) is 5.12. The standard InChI is InChI=1S/C19H24F2/c1-5-8-15(7-3)11-10-14(4)17-13-12-16(9-6-2)18(20)19(17)21/h7,10-13H,4-6,8-9H2,1-3H3/b11-10-,15-7-. The van der Waals surface area contributed by atoms with Gasteiger partial charge in [0.15, 0.2) is 11.6 Å². The Morgan fingerprint density at radius 2 is 1.81 bits per heavy atom. The van der Waals surface area contributed by atoms with E-state index in [1.165, 1.54) is 5.57 Å². The van der Waals surface area contributed by atoms with E-state index in [-0.39, 0.29) is 5.56 Å². The van der Waals surface area contributed by atoms with Gasteiger partial charge in [-0.1, -0.05) is 69.2 Å². The molecule has 0 amide bonds. The van der Waals surface area contributed by atoms with Crippen molar-refractivity contribution in [1.29, 1.82) is 0 Å². The van der Waals surface area contributed by atoms with Crippen LogP contribution in [0.2, 0.25) is 0 Å². The quantitative estimate of drug-likeness (QED) is 0.522. The van der Waals surface area contributed by atoms with Crippen LogP contribution >= 0.6 is 0 Å². The van der Waals surface area contributed by atoms with Crippen LogP contribution in [-0.4, -0.2) is 0 Å². The SMILES string of the molecule is C=C(/C=C\C(=C/C)CCC)c1ccc(CCC)c(F)c1F. The van der Waals surface area contributed by atoms with Gasteiger partial charge in [-0.3, -0.25) is 0 Å². The lowest BCUT2D eigenvalue weighted by molar-refractivity contribution is 0.496. The lowest BCUT2D eigenvalue weighted by Gasteiger charge is -2.08. The molecule has 0 unspecified atom stereocenters. The molecule has 0 saturated heterocycles. The topological polar surface area (TPSA) is 0 Å². The summed E-state index contributed by atoms with van der Waals surface area (Å²) in [5.74, 6) is -1.54. The summed E-state index contributed by atoms with van der Waals surface area (Å²) in [6, 6.07) is 3.27. The Morgan fingerprint density at radius 1 is 1.10 bits per heavy atom. The van der Waals surface area contributed by atoms with Crippen molar-refractivity contribution in [3.8, 4) is 0 Å². The first-order valence-electron chi connectivity index (χ1n) is 7.54. The second-order valence-electron chi connectivity index (χ2n) is 5.12. The summed E-state index contributed by atoms with van der Waals surface area (Å²) in [4.78, 5) is 0. The van der Waals surface area contributed by atoms with Crippen molar-refractivity contribution in [3.63, 3.8) is 0 Å². The monoisotopic (exact) mass is 290 g/mol. The van der Waals surface area contributed by atoms with Crippen LogP contribution in [0.1, 0.15) is 51.2 Å². The maximum Gasteiger partial charge on any atom is 0.166 e. The summed E-state index contributed by atoms with van der Waals surface area (Å²) in [6.45, 7) is 9.87. The fraction of sp³-hybridized carbons (Fsp3) is 0.368. The zero-order valence-electron chi connectivity index (χ0n) is 13.2. The van der Waals surface area contributed by atoms with Crippen molar-refractivity contribution in [2.75, 3.05) is 0 Å². The molecule has 0 saturated carbocycles. The van der Waals surface area contributed by atoms with E-state index in [4.69, 9.17) is 0 Å². The summed E-state index contributed by atoms with van der Waals surface area (Å²) >= 11 is 0. The van der Waals surface area contributed by atoms with Gasteiger partial charge in [0.25, 0.3) is 0 Å². The third-order valence-electron chi connectivity index (χ3n) is 3.44. The van der Waals surface area contributed by atoms with Gasteiger partial charge in [-0.05, 0) is 30.9 Å². The molecule has 0 nitrogen and oxygen atoms in total. The fourth-order valence-electron chi connectivity index (χ4n) is 2.21. The van der Waals surface area contributed by atoms with E-state index in [2.05, 4.69) is 13.5 Å². The zero-order chi connectivity index (χ0) is 15.8. The molecule has 21 heavy (non-hydrogen) atoms. The molecule has 0 bridgehead atoms. The van der Waals surface area contributed by atoms with Crippen LogP contribution in [-0.2, 0) is 6.42 Å². The molecule has 0 atom stereocenters. The van der Waals surface area contributed by atoms with Gasteiger partial charge in [0.1, 0.15) is 0 Å². The van der Waals surface area contributed by atoms with Crippen LogP contribution in [0.25, 0.3) is 5.57 Å². The van der Waals surface area contributed by atoms with Gasteiger partial charge in [0.05, 0.1) is 0 Å². The second kappa shape index (κ2) is 8.56. The van der Waals surface area contributed by atoms with Crippen molar-refractivity contribution in [2.24, 2.45) is 0 Å². The summed E-state index contributed by atoms with van der Waals surface area (Å²) in [7, 11) is 0. The van der Waals surface area contributed by atoms with Crippen molar-refractivity contribution in [3.05, 3.63) is 65.3 Å². The van der Waals surface area contributed by atoms with Crippen molar-refractivity contribution >= 4 is 5.57 Å². The van der Waals surface area contributed by atoms with Gasteiger partial charge in [0.2, 0.25) is 0 Å². The molecule has 0 radical (unpaired) electrons. The van der Waals surface area contributed by atoms with Gasteiger partial charge < -0.3 is 0 Å². The molecular weight excluding hydrogens is 266 g/mol. The minimum absolute atomic E-state index is 0.232. The predicted molar refractivity (Wildman–Crippen MR) is 87.2 cm³/mol. The smallest absolute Gasteiger partial charge is 0.166 e. The Morgan fingerprint density at radius 3 is 2.38 bits per heavy atom. The number of hydrogen-bond donors (Lipinski definition) is 0. The van der Waals surface area contributed by atoms with Crippen LogP contribution in [0.15, 0.2) is 42.5 Å². The minimum Gasteiger partial charge on any atom is -0.203 e. The first kappa shape index (κ1) is 17.4. The lowest BCUT2D eigenvalue weighted by atomic mass is 10.0. The van der Waals surface area contributed by atoms with Crippen molar-refractivity contribution in [1.82, 2.24) is 0 Å². The van der Waals surface area contributed by atoms with Crippen LogP contribution < -0.4 is 0 Å². The largest absolute Gasteiger partial charge is 0.203 e. The predicted octanol–water partition coefficient (Wildman–Crippen LogP) is 6.23. The van der Waals surface area contributed by atoms with E-state index in [1.807, 2.05) is 26.0 Å². The van der Waals surface area contributed by atoms with Crippen molar-refractivity contribution in [2.45, 2.75) is 46.5 Å². The molecule has 2 heteroatoms. The molecule has 0 aliphatic heterocycles. The van der Waals surface area contributed by atoms with Crippen LogP contribution in [0.3, 0.4) is 0 Å². The molecule has 0 fully saturated rings. The van der Waals surface area contributed by atoms with E-state index in [0.717, 1.165) is 19.3 Å². The maximum absolute atomic E-state index is 14.1. The number of aryl methyl sites for hydroxylation is 1. The molecule has 1 rings (SSSR count). The van der Waals surface area contributed by atoms with Gasteiger partial charge >= 0.3 is 0 Å². The highest BCUT2D eigenvalue weighted by Gasteiger charge is 2.13. The van der Waals surface area contributed by atoms with Crippen LogP contribution in [0, 0.1) is 11.6 Å². The zero-order valence-corrected chi connectivity index (χ0v) is 13.2. The average molecular weight is 290 g/mol. The molecule has 114 valence electrons. The first-order valence-corrected chi connectivity index (χ1v) is 7.54. The minimum atomic E-state index is -0.798. The summed E-state index contributed by atoms with van der Waals surface area (Å²) in [5.41, 5.74) is 2.32. The number of benzene rings is 1. The first-order chi connectivity index (χ1) is 10.0. The number of rotatable bonds is 7. The highest BCUT2D eigenvalue weighted by atomic mass is 19.2. The molecule has 0 aliphatic carbocycles. The van der Waals surface area contributed by atoms with Gasteiger partial charge in [0, 0.05) is 5.56 Å². The summed E-state index contributed by atoms with van der Waals surface area (Å²) in [5, 5.41) is 0. The van der Waals surface area contributed by atoms with Gasteiger partial charge in [-0.2, -0.15) is 0 Å². The molecule has 1 aromatic carbocycles. The lowest BCUT2D eigenvalue weighted by Crippen LogP contribution is -1.98. The Labute approximate surface area is 126 Å². The van der Waals surface area contributed by atoms with E-state index in [9.17, 15) is 8.78 Å². The van der Waals surface area contributed by atoms with Crippen LogP contribution in [0.5, 0.6) is 0 Å². The number of hydrogen-bond acceptors (Lipinski definition) is 0. The molecule has 1 aromatic rings. The molecule has 0 N–H and O–H groups in total. The van der Waals surface area contributed by atoms with Crippen LogP contribution in [0.4, 0.5) is 8.78 Å². The maximum atomic E-state index is 14.1. The van der Waals surface area contributed by atoms with Gasteiger partial charge in [-0.25, -0.2) is 8.78 Å². The highest BCUT2D eigenvalue weighted by molar-refractivity contribution is 5.73. The number of halogens is 2. The van der Waals surface area contributed by atoms with Crippen molar-refractivity contribution < 1.29 is 8.78 Å². The summed E-state index contributed by atoms with van der Waals surface area (Å²) < 4.78 is 28.0. The molecule has 0 aromatic heterocycles.